The van der Waals surface area contributed by atoms with Crippen molar-refractivity contribution in [1.82, 2.24) is 0 Å². The number of phenolic OH excluding ortho intramolecular Hbond substituents is 1. The second-order valence-corrected chi connectivity index (χ2v) is 6.72. The number of benzene rings is 2. The molecule has 2 aromatic carbocycles. The number of aromatic hydroxyl groups is 1. The van der Waals surface area contributed by atoms with Crippen molar-refractivity contribution in [3.8, 4) is 5.75 Å². The van der Waals surface area contributed by atoms with Crippen LogP contribution in [0, 0.1) is 0 Å². The molecule has 0 bridgehead atoms. The molecule has 0 unspecified atom stereocenters. The Hall–Kier alpha value is -2.83. The van der Waals surface area contributed by atoms with Crippen LogP contribution < -0.4 is 16.4 Å². The number of hydrogen-bond acceptors (Lipinski definition) is 4. The zero-order valence-electron chi connectivity index (χ0n) is 15.9. The summed E-state index contributed by atoms with van der Waals surface area (Å²) in [6, 6.07) is 11.6. The van der Waals surface area contributed by atoms with Gasteiger partial charge in [0.05, 0.1) is 11.4 Å². The number of nitrogens with two attached hydrogens (primary N) is 1. The van der Waals surface area contributed by atoms with Gasteiger partial charge in [-0.05, 0) is 42.3 Å². The lowest BCUT2D eigenvalue weighted by Gasteiger charge is -2.15. The maximum atomic E-state index is 14.0. The number of phenols is 1. The van der Waals surface area contributed by atoms with E-state index in [9.17, 15) is 18.7 Å². The Bertz CT molecular complexity index is 769. The number of carbonyl (C=O) groups excluding carboxylic acids is 1. The predicted molar refractivity (Wildman–Crippen MR) is 109 cm³/mol. The SMILES string of the molecule is CCCCC[C@H](F)[C@H](F)C(=O)Nc1ccc(NCc2ccc(O)cc2)cc1N. The van der Waals surface area contributed by atoms with Crippen LogP contribution in [0.3, 0.4) is 0 Å². The quantitative estimate of drug-likeness (QED) is 0.347. The van der Waals surface area contributed by atoms with E-state index in [1.165, 1.54) is 0 Å². The lowest BCUT2D eigenvalue weighted by Crippen LogP contribution is -2.32. The van der Waals surface area contributed by atoms with Gasteiger partial charge in [0.25, 0.3) is 5.91 Å². The first-order chi connectivity index (χ1) is 13.4. The molecule has 0 aliphatic rings. The van der Waals surface area contributed by atoms with Gasteiger partial charge in [-0.1, -0.05) is 38.3 Å². The van der Waals surface area contributed by atoms with E-state index >= 15 is 0 Å². The Morgan fingerprint density at radius 3 is 2.50 bits per heavy atom. The van der Waals surface area contributed by atoms with Crippen LogP contribution in [0.5, 0.6) is 5.75 Å². The van der Waals surface area contributed by atoms with Crippen molar-refractivity contribution in [2.45, 2.75) is 51.5 Å². The number of nitrogen functional groups attached to an aromatic ring is 1. The number of halogens is 2. The third-order valence-corrected chi connectivity index (χ3v) is 4.39. The molecule has 0 aliphatic carbocycles. The van der Waals surface area contributed by atoms with Gasteiger partial charge in [0, 0.05) is 12.2 Å². The predicted octanol–water partition coefficient (Wildman–Crippen LogP) is 4.78. The lowest BCUT2D eigenvalue weighted by atomic mass is 10.1. The van der Waals surface area contributed by atoms with E-state index in [2.05, 4.69) is 10.6 Å². The largest absolute Gasteiger partial charge is 0.508 e. The van der Waals surface area contributed by atoms with Crippen LogP contribution in [0.2, 0.25) is 0 Å². The van der Waals surface area contributed by atoms with Crippen LogP contribution in [-0.4, -0.2) is 23.4 Å². The molecule has 0 saturated carbocycles. The Labute approximate surface area is 163 Å². The minimum Gasteiger partial charge on any atom is -0.508 e. The van der Waals surface area contributed by atoms with Crippen molar-refractivity contribution in [3.63, 3.8) is 0 Å². The molecule has 28 heavy (non-hydrogen) atoms. The molecule has 2 aromatic rings. The van der Waals surface area contributed by atoms with Gasteiger partial charge >= 0.3 is 0 Å². The molecular formula is C21H27F2N3O2. The van der Waals surface area contributed by atoms with Crippen LogP contribution in [0.25, 0.3) is 0 Å². The fourth-order valence-corrected chi connectivity index (χ4v) is 2.71. The topological polar surface area (TPSA) is 87.4 Å². The fraction of sp³-hybridized carbons (Fsp3) is 0.381. The van der Waals surface area contributed by atoms with Crippen LogP contribution in [0.4, 0.5) is 25.8 Å². The van der Waals surface area contributed by atoms with E-state index < -0.39 is 18.3 Å². The van der Waals surface area contributed by atoms with Crippen molar-refractivity contribution in [2.24, 2.45) is 0 Å². The van der Waals surface area contributed by atoms with Crippen molar-refractivity contribution >= 4 is 23.0 Å². The van der Waals surface area contributed by atoms with E-state index in [0.717, 1.165) is 18.4 Å². The number of carbonyl (C=O) groups is 1. The Morgan fingerprint density at radius 1 is 1.14 bits per heavy atom. The number of anilines is 3. The molecule has 7 heteroatoms. The molecule has 0 aromatic heterocycles. The average Bonchev–Trinajstić information content (AvgIpc) is 2.68. The van der Waals surface area contributed by atoms with Crippen LogP contribution in [-0.2, 0) is 11.3 Å². The van der Waals surface area contributed by atoms with E-state index in [1.807, 2.05) is 6.92 Å². The number of alkyl halides is 2. The highest BCUT2D eigenvalue weighted by atomic mass is 19.2. The first-order valence-electron chi connectivity index (χ1n) is 9.41. The lowest BCUT2D eigenvalue weighted by molar-refractivity contribution is -0.123. The minimum atomic E-state index is -2.22. The molecular weight excluding hydrogens is 364 g/mol. The number of nitrogens with one attached hydrogen (secondary N) is 2. The van der Waals surface area contributed by atoms with Crippen molar-refractivity contribution in [2.75, 3.05) is 16.4 Å². The Kier molecular flexibility index (Phi) is 8.04. The maximum absolute atomic E-state index is 14.0. The summed E-state index contributed by atoms with van der Waals surface area (Å²) in [6.07, 6.45) is -1.75. The second-order valence-electron chi connectivity index (χ2n) is 6.72. The Balaban J connectivity index is 1.90. The standard InChI is InChI=1S/C21H27F2N3O2/c1-2-3-4-5-17(22)20(23)21(28)26-19-11-8-15(12-18(19)24)25-13-14-6-9-16(27)10-7-14/h6-12,17,20,25,27H,2-5,13,24H2,1H3,(H,26,28)/t17-,20-/m0/s1. The fourth-order valence-electron chi connectivity index (χ4n) is 2.71. The van der Waals surface area contributed by atoms with Crippen LogP contribution in [0.1, 0.15) is 38.2 Å². The highest BCUT2D eigenvalue weighted by Gasteiger charge is 2.28. The number of rotatable bonds is 10. The minimum absolute atomic E-state index is 0.0258. The molecule has 0 saturated heterocycles. The molecule has 5 N–H and O–H groups in total. The van der Waals surface area contributed by atoms with Gasteiger partial charge in [-0.3, -0.25) is 4.79 Å². The average molecular weight is 391 g/mol. The summed E-state index contributed by atoms with van der Waals surface area (Å²) in [5, 5.41) is 14.8. The van der Waals surface area contributed by atoms with Gasteiger partial charge in [0.15, 0.2) is 0 Å². The van der Waals surface area contributed by atoms with Gasteiger partial charge < -0.3 is 21.5 Å². The molecule has 5 nitrogen and oxygen atoms in total. The normalized spacial score (nSPS) is 13.0. The summed E-state index contributed by atoms with van der Waals surface area (Å²) in [5.41, 5.74) is 8.09. The van der Waals surface area contributed by atoms with Crippen molar-refractivity contribution in [1.29, 1.82) is 0 Å². The van der Waals surface area contributed by atoms with E-state index in [1.54, 1.807) is 42.5 Å². The molecule has 152 valence electrons. The van der Waals surface area contributed by atoms with Crippen molar-refractivity contribution in [3.05, 3.63) is 48.0 Å². The molecule has 0 heterocycles. The number of amides is 1. The van der Waals surface area contributed by atoms with E-state index in [0.29, 0.717) is 18.7 Å². The summed E-state index contributed by atoms with van der Waals surface area (Å²) in [4.78, 5) is 11.9. The summed E-state index contributed by atoms with van der Waals surface area (Å²) >= 11 is 0. The van der Waals surface area contributed by atoms with Gasteiger partial charge in [0.1, 0.15) is 11.9 Å². The zero-order valence-corrected chi connectivity index (χ0v) is 15.9. The smallest absolute Gasteiger partial charge is 0.262 e. The maximum Gasteiger partial charge on any atom is 0.262 e. The molecule has 0 aliphatic heterocycles. The molecule has 0 spiro atoms. The zero-order chi connectivity index (χ0) is 20.5. The molecule has 0 fully saturated rings. The molecule has 1 amide bonds. The highest BCUT2D eigenvalue weighted by Crippen LogP contribution is 2.24. The van der Waals surface area contributed by atoms with Gasteiger partial charge in [-0.15, -0.1) is 0 Å². The van der Waals surface area contributed by atoms with Gasteiger partial charge in [0.2, 0.25) is 6.17 Å². The second kappa shape index (κ2) is 10.5. The van der Waals surface area contributed by atoms with Crippen LogP contribution >= 0.6 is 0 Å². The number of hydrogen-bond donors (Lipinski definition) is 4. The molecule has 0 radical (unpaired) electrons. The summed E-state index contributed by atoms with van der Waals surface area (Å²) in [5.74, 6) is -0.833. The summed E-state index contributed by atoms with van der Waals surface area (Å²) in [6.45, 7) is 2.48. The Morgan fingerprint density at radius 2 is 1.86 bits per heavy atom. The highest BCUT2D eigenvalue weighted by molar-refractivity contribution is 5.97. The van der Waals surface area contributed by atoms with E-state index in [-0.39, 0.29) is 23.5 Å². The van der Waals surface area contributed by atoms with Crippen LogP contribution in [0.15, 0.2) is 42.5 Å². The molecule has 2 rings (SSSR count). The monoisotopic (exact) mass is 391 g/mol. The number of unbranched alkanes of at least 4 members (excludes halogenated alkanes) is 2. The third-order valence-electron chi connectivity index (χ3n) is 4.39. The van der Waals surface area contributed by atoms with E-state index in [4.69, 9.17) is 5.73 Å². The van der Waals surface area contributed by atoms with Gasteiger partial charge in [-0.2, -0.15) is 0 Å². The molecule has 2 atom stereocenters. The third kappa shape index (κ3) is 6.40. The summed E-state index contributed by atoms with van der Waals surface area (Å²) < 4.78 is 27.8. The van der Waals surface area contributed by atoms with Gasteiger partial charge in [-0.25, -0.2) is 8.78 Å². The first-order valence-corrected chi connectivity index (χ1v) is 9.41. The van der Waals surface area contributed by atoms with Crippen molar-refractivity contribution < 1.29 is 18.7 Å². The summed E-state index contributed by atoms with van der Waals surface area (Å²) in [7, 11) is 0. The first kappa shape index (κ1) is 21.5.